The number of methoxy groups -OCH3 is 2. The van der Waals surface area contributed by atoms with Gasteiger partial charge in [0.15, 0.2) is 0 Å². The van der Waals surface area contributed by atoms with Crippen LogP contribution in [-0.2, 0) is 9.47 Å². The molecular weight excluding hydrogens is 1610 g/mol. The molecule has 16 aliphatic carbocycles. The van der Waals surface area contributed by atoms with E-state index in [1.807, 2.05) is 55.4 Å². The zero-order chi connectivity index (χ0) is 94.9. The Hall–Kier alpha value is -1.52. The molecule has 130 heavy (non-hydrogen) atoms. The van der Waals surface area contributed by atoms with Gasteiger partial charge in [-0.2, -0.15) is 0 Å². The van der Waals surface area contributed by atoms with Crippen molar-refractivity contribution in [2.45, 2.75) is 491 Å². The fourth-order valence-corrected chi connectivity index (χ4v) is 36.7. The highest BCUT2D eigenvalue weighted by molar-refractivity contribution is 5.32. The molecule has 0 heterocycles. The summed E-state index contributed by atoms with van der Waals surface area (Å²) >= 11 is 0. The molecule has 12 nitrogen and oxygen atoms in total. The lowest BCUT2D eigenvalue weighted by Gasteiger charge is -2.59. The van der Waals surface area contributed by atoms with E-state index in [1.165, 1.54) is 128 Å². The molecule has 16 rings (SSSR count). The molecule has 12 heteroatoms. The number of ether oxygens (including phenoxy) is 2. The standard InChI is InChI=1S/2C30H52O3.2C29H50O3/c2*1-21(12-15-27(2,31)14-7-19-33-6)24-10-11-25-23-9-8-22-20-28(3,32)17-18-29(22,4)26(23)13-16-30(24,25)5;2*1-20(11-14-26(2,31)13-6-18-30)23-9-10-24-22-8-7-21-19-27(3,32)16-17-28(21,4)25(22)12-15-29(23,24)5/h2*8,21,23-26,31-32H,7,9-20H2,1-6H3;2*7,20,22-25,30-32H,6,8-19H2,1-5H3/t21-,23+,24-,25+,26+,27+,28+,29+,30-;21-,23+,24-,25+,26+,27-,28+,29+,30-;20-,22+,23-,24+,25+,26+,27+,28+,29-;20-,22+,23-,24+,25+,26-,27+,28+,29-/m1111/s1. The highest BCUT2D eigenvalue weighted by atomic mass is 16.5. The first-order valence-electron chi connectivity index (χ1n) is 55.4. The van der Waals surface area contributed by atoms with E-state index in [0.29, 0.717) is 92.7 Å². The van der Waals surface area contributed by atoms with Crippen molar-refractivity contribution in [2.24, 2.45) is 162 Å². The Morgan fingerprint density at radius 1 is 0.292 bits per heavy atom. The molecule has 0 saturated heterocycles. The van der Waals surface area contributed by atoms with Crippen LogP contribution in [0.3, 0.4) is 0 Å². The first-order chi connectivity index (χ1) is 60.7. The predicted molar refractivity (Wildman–Crippen MR) is 534 cm³/mol. The van der Waals surface area contributed by atoms with Crippen molar-refractivity contribution in [3.8, 4) is 0 Å². The second kappa shape index (κ2) is 40.5. The lowest BCUT2D eigenvalue weighted by molar-refractivity contribution is -0.0716. The van der Waals surface area contributed by atoms with Gasteiger partial charge in [-0.1, -0.05) is 130 Å². The molecule has 0 bridgehead atoms. The monoisotopic (exact) mass is 1810 g/mol. The van der Waals surface area contributed by atoms with Crippen molar-refractivity contribution in [3.63, 3.8) is 0 Å². The van der Waals surface area contributed by atoms with Gasteiger partial charge < -0.3 is 60.5 Å². The Labute approximate surface area is 796 Å². The fraction of sp³-hybridized carbons (Fsp3) is 0.932. The summed E-state index contributed by atoms with van der Waals surface area (Å²) in [5.41, 5.74) is 4.90. The highest BCUT2D eigenvalue weighted by Gasteiger charge is 2.66. The normalized spacial score (nSPS) is 45.9. The molecule has 0 radical (unpaired) electrons. The third kappa shape index (κ3) is 22.1. The van der Waals surface area contributed by atoms with Crippen molar-refractivity contribution in [2.75, 3.05) is 40.6 Å². The van der Waals surface area contributed by atoms with Crippen LogP contribution in [0.4, 0.5) is 0 Å². The van der Waals surface area contributed by atoms with E-state index in [2.05, 4.69) is 107 Å². The average molecular weight is 1810 g/mol. The van der Waals surface area contributed by atoms with Gasteiger partial charge >= 0.3 is 0 Å². The smallest absolute Gasteiger partial charge is 0.0657 e. The number of hydrogen-bond acceptors (Lipinski definition) is 12. The van der Waals surface area contributed by atoms with E-state index in [0.717, 1.165) is 262 Å². The third-order valence-corrected chi connectivity index (χ3v) is 45.0. The number of rotatable bonds is 30. The van der Waals surface area contributed by atoms with Crippen LogP contribution in [0, 0.1) is 162 Å². The molecule has 12 saturated carbocycles. The summed E-state index contributed by atoms with van der Waals surface area (Å²) in [7, 11) is 3.48. The van der Waals surface area contributed by atoms with Gasteiger partial charge in [-0.3, -0.25) is 0 Å². The SMILES string of the molecule is COCCC[C@@](C)(O)CC[C@@H](C)[C@H]1CC[C@H]2[C@@H]3CC=C4C[C@@](C)(O)CC[C@]4(C)[C@H]3CC[C@]12C.COCCC[C@](C)(O)CC[C@@H](C)[C@H]1CC[C@H]2[C@@H]3CC=C4C[C@@](C)(O)CC[C@]4(C)[C@H]3CC[C@]12C.C[C@H](CC[C@@](C)(O)CCCO)[C@H]1CC[C@H]2[C@@H]3CC=C4C[C@@](C)(O)CC[C@]4(C)[C@H]3CC[C@]12C.C[C@H](CC[C@](C)(O)CCCO)[C@H]1CC[C@H]2[C@@H]3CC=C4C[C@@](C)(O)CC[C@]4(C)[C@H]3CC[C@]12C. The molecule has 0 aromatic rings. The van der Waals surface area contributed by atoms with E-state index >= 15 is 0 Å². The van der Waals surface area contributed by atoms with E-state index in [4.69, 9.17) is 19.7 Å². The molecule has 0 aromatic carbocycles. The van der Waals surface area contributed by atoms with Crippen molar-refractivity contribution >= 4 is 0 Å². The van der Waals surface area contributed by atoms with Gasteiger partial charge in [0.2, 0.25) is 0 Å². The maximum absolute atomic E-state index is 10.9. The summed E-state index contributed by atoms with van der Waals surface area (Å²) in [6.07, 6.45) is 63.3. The summed E-state index contributed by atoms with van der Waals surface area (Å²) in [5.74, 6) is 15.7. The van der Waals surface area contributed by atoms with Crippen LogP contribution in [0.1, 0.15) is 447 Å². The average Bonchev–Trinajstić information content (AvgIpc) is 1.45. The van der Waals surface area contributed by atoms with Gasteiger partial charge in [0.1, 0.15) is 0 Å². The first kappa shape index (κ1) is 106. The maximum Gasteiger partial charge on any atom is 0.0657 e. The van der Waals surface area contributed by atoms with Crippen LogP contribution in [0.5, 0.6) is 0 Å². The van der Waals surface area contributed by atoms with Gasteiger partial charge in [-0.05, 0) is 525 Å². The summed E-state index contributed by atoms with van der Waals surface area (Å²) in [6.45, 7) is 48.3. The second-order valence-electron chi connectivity index (χ2n) is 54.5. The number of fused-ring (bicyclic) bond motifs is 20. The Bertz CT molecular complexity index is 3590. The van der Waals surface area contributed by atoms with Gasteiger partial charge in [0.05, 0.1) is 44.8 Å². The predicted octanol–water partition coefficient (Wildman–Crippen LogP) is 26.3. The Morgan fingerprint density at radius 3 is 0.700 bits per heavy atom. The summed E-state index contributed by atoms with van der Waals surface area (Å²) < 4.78 is 10.4. The summed E-state index contributed by atoms with van der Waals surface area (Å²) in [4.78, 5) is 0. The quantitative estimate of drug-likeness (QED) is 0.0240. The fourth-order valence-electron chi connectivity index (χ4n) is 36.7. The van der Waals surface area contributed by atoms with Crippen molar-refractivity contribution in [3.05, 3.63) is 46.6 Å². The minimum absolute atomic E-state index is 0.170. The van der Waals surface area contributed by atoms with Crippen LogP contribution >= 0.6 is 0 Å². The van der Waals surface area contributed by atoms with Crippen LogP contribution < -0.4 is 0 Å². The number of aliphatic hydroxyl groups excluding tert-OH is 2. The van der Waals surface area contributed by atoms with Crippen LogP contribution in [0.25, 0.3) is 0 Å². The van der Waals surface area contributed by atoms with Crippen LogP contribution in [0.15, 0.2) is 46.6 Å². The van der Waals surface area contributed by atoms with E-state index in [-0.39, 0.29) is 13.2 Å². The largest absolute Gasteiger partial charge is 0.396 e. The molecule has 0 amide bonds. The molecule has 12 fully saturated rings. The molecule has 10 N–H and O–H groups in total. The second-order valence-corrected chi connectivity index (χ2v) is 54.5. The van der Waals surface area contributed by atoms with Gasteiger partial charge in [-0.25, -0.2) is 0 Å². The molecule has 0 unspecified atom stereocenters. The Kier molecular flexibility index (Phi) is 32.9. The van der Waals surface area contributed by atoms with Gasteiger partial charge in [0, 0.05) is 40.6 Å². The molecule has 748 valence electrons. The number of hydrogen-bond donors (Lipinski definition) is 10. The summed E-state index contributed by atoms with van der Waals surface area (Å²) in [5, 5.41) is 104. The minimum atomic E-state index is -0.644. The number of allylic oxidation sites excluding steroid dienone is 4. The highest BCUT2D eigenvalue weighted by Crippen LogP contribution is 2.74. The zero-order valence-corrected chi connectivity index (χ0v) is 87.9. The van der Waals surface area contributed by atoms with E-state index in [1.54, 1.807) is 36.5 Å². The molecule has 16 aliphatic rings. The van der Waals surface area contributed by atoms with Crippen LogP contribution in [-0.4, -0.2) is 137 Å². The lowest BCUT2D eigenvalue weighted by atomic mass is 9.46. The van der Waals surface area contributed by atoms with E-state index < -0.39 is 44.8 Å². The maximum atomic E-state index is 10.9. The summed E-state index contributed by atoms with van der Waals surface area (Å²) in [6, 6.07) is 0. The first-order valence-corrected chi connectivity index (χ1v) is 55.4. The van der Waals surface area contributed by atoms with Crippen LogP contribution in [0.2, 0.25) is 0 Å². The lowest BCUT2D eigenvalue weighted by Crippen LogP contribution is -2.52. The van der Waals surface area contributed by atoms with Crippen molar-refractivity contribution in [1.29, 1.82) is 0 Å². The minimum Gasteiger partial charge on any atom is -0.396 e. The Morgan fingerprint density at radius 2 is 0.500 bits per heavy atom. The third-order valence-electron chi connectivity index (χ3n) is 45.0. The molecular formula is C118H204O12. The van der Waals surface area contributed by atoms with Crippen molar-refractivity contribution in [1.82, 2.24) is 0 Å². The molecule has 36 atom stereocenters. The number of aliphatic hydroxyl groups is 10. The molecule has 0 aromatic heterocycles. The van der Waals surface area contributed by atoms with Gasteiger partial charge in [0.25, 0.3) is 0 Å². The van der Waals surface area contributed by atoms with Gasteiger partial charge in [-0.15, -0.1) is 0 Å². The molecule has 0 aliphatic heterocycles. The van der Waals surface area contributed by atoms with Crippen molar-refractivity contribution < 1.29 is 60.5 Å². The Balaban J connectivity index is 0.000000148. The zero-order valence-electron chi connectivity index (χ0n) is 87.9. The molecule has 0 spiro atoms. The topological polar surface area (TPSA) is 221 Å². The van der Waals surface area contributed by atoms with E-state index in [9.17, 15) is 40.9 Å².